The maximum atomic E-state index is 12.1. The largest absolute Gasteiger partial charge is 0.332 e. The molecule has 130 valence electrons. The van der Waals surface area contributed by atoms with Gasteiger partial charge < -0.3 is 10.6 Å². The number of tetrazole rings is 1. The minimum Gasteiger partial charge on any atom is -0.332 e. The van der Waals surface area contributed by atoms with Crippen LogP contribution in [0.2, 0.25) is 0 Å². The predicted octanol–water partition coefficient (Wildman–Crippen LogP) is 1.89. The second kappa shape index (κ2) is 7.12. The number of rotatable bonds is 5. The van der Waals surface area contributed by atoms with E-state index in [0.717, 1.165) is 29.1 Å². The number of carbonyl (C=O) groups excluding carboxylic acids is 1. The van der Waals surface area contributed by atoms with E-state index in [4.69, 9.17) is 0 Å². The van der Waals surface area contributed by atoms with Crippen molar-refractivity contribution >= 4 is 11.7 Å². The Morgan fingerprint density at radius 2 is 2.12 bits per heavy atom. The van der Waals surface area contributed by atoms with Gasteiger partial charge in [-0.2, -0.15) is 9.78 Å². The third kappa shape index (κ3) is 3.82. The SMILES string of the molecule is CCc1cc(CNC(=O)Nc2ccc(C)c(-n3nnnc3C)c2)[nH]n1. The number of hydrogen-bond donors (Lipinski definition) is 3. The summed E-state index contributed by atoms with van der Waals surface area (Å²) in [7, 11) is 0. The quantitative estimate of drug-likeness (QED) is 0.656. The summed E-state index contributed by atoms with van der Waals surface area (Å²) in [5, 5.41) is 24.2. The van der Waals surface area contributed by atoms with Crippen molar-refractivity contribution in [2.24, 2.45) is 0 Å². The molecule has 0 radical (unpaired) electrons. The zero-order valence-corrected chi connectivity index (χ0v) is 14.4. The lowest BCUT2D eigenvalue weighted by Gasteiger charge is -2.11. The molecule has 1 aromatic carbocycles. The number of carbonyl (C=O) groups is 1. The van der Waals surface area contributed by atoms with Gasteiger partial charge in [0.05, 0.1) is 23.6 Å². The van der Waals surface area contributed by atoms with E-state index in [1.54, 1.807) is 4.68 Å². The van der Waals surface area contributed by atoms with Crippen LogP contribution in [-0.4, -0.2) is 36.4 Å². The first-order valence-corrected chi connectivity index (χ1v) is 8.01. The van der Waals surface area contributed by atoms with E-state index in [2.05, 4.69) is 36.4 Å². The van der Waals surface area contributed by atoms with Gasteiger partial charge in [0.15, 0.2) is 5.82 Å². The van der Waals surface area contributed by atoms with Gasteiger partial charge in [0.2, 0.25) is 0 Å². The molecular weight excluding hydrogens is 320 g/mol. The second-order valence-corrected chi connectivity index (χ2v) is 5.68. The molecule has 0 saturated carbocycles. The molecule has 3 rings (SSSR count). The number of amides is 2. The number of urea groups is 1. The smallest absolute Gasteiger partial charge is 0.319 e. The molecule has 3 aromatic rings. The number of anilines is 1. The van der Waals surface area contributed by atoms with E-state index in [-0.39, 0.29) is 6.03 Å². The standard InChI is InChI=1S/C16H20N8O/c1-4-12-7-14(21-20-12)9-17-16(25)18-13-6-5-10(2)15(8-13)24-11(3)19-22-23-24/h5-8H,4,9H2,1-3H3,(H,20,21)(H2,17,18,25). The van der Waals surface area contributed by atoms with Crippen molar-refractivity contribution in [1.29, 1.82) is 0 Å². The maximum absolute atomic E-state index is 12.1. The van der Waals surface area contributed by atoms with Crippen LogP contribution in [0.25, 0.3) is 5.69 Å². The second-order valence-electron chi connectivity index (χ2n) is 5.68. The summed E-state index contributed by atoms with van der Waals surface area (Å²) in [6.07, 6.45) is 0.853. The topological polar surface area (TPSA) is 113 Å². The number of aromatic amines is 1. The van der Waals surface area contributed by atoms with E-state index < -0.39 is 0 Å². The summed E-state index contributed by atoms with van der Waals surface area (Å²) in [6, 6.07) is 7.22. The average Bonchev–Trinajstić information content (AvgIpc) is 3.23. The fraction of sp³-hybridized carbons (Fsp3) is 0.312. The molecule has 0 atom stereocenters. The molecule has 0 aliphatic rings. The molecule has 0 fully saturated rings. The van der Waals surface area contributed by atoms with Crippen molar-refractivity contribution in [1.82, 2.24) is 35.7 Å². The average molecular weight is 340 g/mol. The predicted molar refractivity (Wildman–Crippen MR) is 92.5 cm³/mol. The van der Waals surface area contributed by atoms with E-state index in [0.29, 0.717) is 18.1 Å². The minimum atomic E-state index is -0.295. The Kier molecular flexibility index (Phi) is 4.73. The Bertz CT molecular complexity index is 882. The van der Waals surface area contributed by atoms with E-state index in [9.17, 15) is 4.79 Å². The van der Waals surface area contributed by atoms with Gasteiger partial charge >= 0.3 is 6.03 Å². The fourth-order valence-electron chi connectivity index (χ4n) is 2.40. The molecule has 0 bridgehead atoms. The number of nitrogens with one attached hydrogen (secondary N) is 3. The molecule has 3 N–H and O–H groups in total. The van der Waals surface area contributed by atoms with Gasteiger partial charge in [-0.05, 0) is 54.5 Å². The highest BCUT2D eigenvalue weighted by Gasteiger charge is 2.10. The van der Waals surface area contributed by atoms with Crippen molar-refractivity contribution < 1.29 is 4.79 Å². The fourth-order valence-corrected chi connectivity index (χ4v) is 2.40. The summed E-state index contributed by atoms with van der Waals surface area (Å²) < 4.78 is 1.63. The summed E-state index contributed by atoms with van der Waals surface area (Å²) in [5.74, 6) is 0.677. The molecular formula is C16H20N8O. The van der Waals surface area contributed by atoms with Crippen molar-refractivity contribution in [2.45, 2.75) is 33.7 Å². The highest BCUT2D eigenvalue weighted by Crippen LogP contribution is 2.19. The molecule has 2 amide bonds. The Morgan fingerprint density at radius 3 is 2.80 bits per heavy atom. The van der Waals surface area contributed by atoms with Crippen LogP contribution in [0.1, 0.15) is 29.7 Å². The number of H-pyrrole nitrogens is 1. The normalized spacial score (nSPS) is 10.7. The lowest BCUT2D eigenvalue weighted by molar-refractivity contribution is 0.251. The lowest BCUT2D eigenvalue weighted by atomic mass is 10.2. The van der Waals surface area contributed by atoms with Crippen LogP contribution in [0.4, 0.5) is 10.5 Å². The Hall–Kier alpha value is -3.23. The van der Waals surface area contributed by atoms with Crippen molar-refractivity contribution in [2.75, 3.05) is 5.32 Å². The van der Waals surface area contributed by atoms with Crippen LogP contribution >= 0.6 is 0 Å². The van der Waals surface area contributed by atoms with Gasteiger partial charge in [0.1, 0.15) is 0 Å². The molecule has 0 aliphatic carbocycles. The van der Waals surface area contributed by atoms with Crippen LogP contribution in [0, 0.1) is 13.8 Å². The molecule has 9 heteroatoms. The van der Waals surface area contributed by atoms with Crippen LogP contribution in [0.5, 0.6) is 0 Å². The third-order valence-electron chi connectivity index (χ3n) is 3.81. The number of aromatic nitrogens is 6. The summed E-state index contributed by atoms with van der Waals surface area (Å²) in [4.78, 5) is 12.1. The lowest BCUT2D eigenvalue weighted by Crippen LogP contribution is -2.28. The van der Waals surface area contributed by atoms with Crippen LogP contribution < -0.4 is 10.6 Å². The molecule has 9 nitrogen and oxygen atoms in total. The van der Waals surface area contributed by atoms with Gasteiger partial charge in [0.25, 0.3) is 0 Å². The Morgan fingerprint density at radius 1 is 1.28 bits per heavy atom. The van der Waals surface area contributed by atoms with Gasteiger partial charge in [-0.1, -0.05) is 13.0 Å². The zero-order chi connectivity index (χ0) is 17.8. The monoisotopic (exact) mass is 340 g/mol. The highest BCUT2D eigenvalue weighted by molar-refractivity contribution is 5.89. The van der Waals surface area contributed by atoms with Crippen LogP contribution in [-0.2, 0) is 13.0 Å². The van der Waals surface area contributed by atoms with Crippen molar-refractivity contribution in [3.63, 3.8) is 0 Å². The van der Waals surface area contributed by atoms with E-state index in [1.165, 1.54) is 0 Å². The molecule has 0 unspecified atom stereocenters. The molecule has 0 spiro atoms. The van der Waals surface area contributed by atoms with E-state index in [1.807, 2.05) is 45.0 Å². The number of aryl methyl sites for hydroxylation is 3. The minimum absolute atomic E-state index is 0.295. The maximum Gasteiger partial charge on any atom is 0.319 e. The van der Waals surface area contributed by atoms with Gasteiger partial charge in [0, 0.05) is 5.69 Å². The summed E-state index contributed by atoms with van der Waals surface area (Å²) in [5.41, 5.74) is 4.32. The van der Waals surface area contributed by atoms with E-state index >= 15 is 0 Å². The molecule has 2 heterocycles. The molecule has 2 aromatic heterocycles. The zero-order valence-electron chi connectivity index (χ0n) is 14.4. The summed E-state index contributed by atoms with van der Waals surface area (Å²) >= 11 is 0. The molecule has 25 heavy (non-hydrogen) atoms. The Labute approximate surface area is 144 Å². The summed E-state index contributed by atoms with van der Waals surface area (Å²) in [6.45, 7) is 6.19. The van der Waals surface area contributed by atoms with Crippen LogP contribution in [0.3, 0.4) is 0 Å². The number of hydrogen-bond acceptors (Lipinski definition) is 5. The molecule has 0 aliphatic heterocycles. The van der Waals surface area contributed by atoms with Crippen molar-refractivity contribution in [3.8, 4) is 5.69 Å². The number of benzene rings is 1. The van der Waals surface area contributed by atoms with Gasteiger partial charge in [-0.3, -0.25) is 5.10 Å². The van der Waals surface area contributed by atoms with Crippen LogP contribution in [0.15, 0.2) is 24.3 Å². The van der Waals surface area contributed by atoms with Crippen molar-refractivity contribution in [3.05, 3.63) is 47.0 Å². The first-order valence-electron chi connectivity index (χ1n) is 8.01. The van der Waals surface area contributed by atoms with Gasteiger partial charge in [-0.15, -0.1) is 5.10 Å². The third-order valence-corrected chi connectivity index (χ3v) is 3.81. The first-order chi connectivity index (χ1) is 12.1. The Balaban J connectivity index is 1.66. The number of nitrogens with zero attached hydrogens (tertiary/aromatic N) is 5. The van der Waals surface area contributed by atoms with Gasteiger partial charge in [-0.25, -0.2) is 4.79 Å². The highest BCUT2D eigenvalue weighted by atomic mass is 16.2. The first kappa shape index (κ1) is 16.6. The molecule has 0 saturated heterocycles.